The molecule has 126 valence electrons. The molecule has 2 aliphatic rings. The van der Waals surface area contributed by atoms with Gasteiger partial charge in [0.15, 0.2) is 0 Å². The van der Waals surface area contributed by atoms with E-state index in [1.165, 1.54) is 18.4 Å². The van der Waals surface area contributed by atoms with Crippen LogP contribution in [0.2, 0.25) is 5.82 Å². The van der Waals surface area contributed by atoms with Gasteiger partial charge in [-0.25, -0.2) is 0 Å². The van der Waals surface area contributed by atoms with Gasteiger partial charge < -0.3 is 9.31 Å². The van der Waals surface area contributed by atoms with Crippen LogP contribution in [0, 0.1) is 11.8 Å². The molecule has 1 aromatic rings. The first kappa shape index (κ1) is 17.0. The molecule has 2 nitrogen and oxygen atoms in total. The molecule has 3 heteroatoms. The minimum Gasteiger partial charge on any atom is -0.403 e. The van der Waals surface area contributed by atoms with Gasteiger partial charge in [0.05, 0.1) is 11.2 Å². The van der Waals surface area contributed by atoms with Crippen LogP contribution in [-0.2, 0) is 15.7 Å². The number of rotatable bonds is 6. The molecule has 0 radical (unpaired) electrons. The summed E-state index contributed by atoms with van der Waals surface area (Å²) in [6, 6.07) is 10.9. The Kier molecular flexibility index (Phi) is 4.63. The second-order valence-electron chi connectivity index (χ2n) is 8.39. The summed E-state index contributed by atoms with van der Waals surface area (Å²) in [5.74, 6) is 1.99. The molecule has 0 spiro atoms. The van der Waals surface area contributed by atoms with Gasteiger partial charge in [-0.05, 0) is 70.2 Å². The third-order valence-corrected chi connectivity index (χ3v) is 6.18. The molecule has 1 aromatic carbocycles. The van der Waals surface area contributed by atoms with E-state index >= 15 is 0 Å². The SMILES string of the molecule is CCC(B1OC(C)(C)C(C)(C)O1)[C@H](Cc1ccccc1)C1CC1. The maximum Gasteiger partial charge on any atom is 0.461 e. The van der Waals surface area contributed by atoms with Crippen molar-refractivity contribution >= 4 is 7.12 Å². The number of hydrogen-bond donors (Lipinski definition) is 0. The first-order valence-electron chi connectivity index (χ1n) is 9.23. The molecule has 1 unspecified atom stereocenters. The molecule has 1 saturated carbocycles. The van der Waals surface area contributed by atoms with Crippen molar-refractivity contribution in [3.8, 4) is 0 Å². The molecule has 0 bridgehead atoms. The van der Waals surface area contributed by atoms with Crippen LogP contribution in [0.5, 0.6) is 0 Å². The van der Waals surface area contributed by atoms with Crippen LogP contribution >= 0.6 is 0 Å². The van der Waals surface area contributed by atoms with Crippen molar-refractivity contribution in [1.82, 2.24) is 0 Å². The zero-order chi connectivity index (χ0) is 16.7. The molecule has 2 fully saturated rings. The van der Waals surface area contributed by atoms with Gasteiger partial charge >= 0.3 is 7.12 Å². The van der Waals surface area contributed by atoms with E-state index in [0.29, 0.717) is 11.7 Å². The van der Waals surface area contributed by atoms with Crippen molar-refractivity contribution < 1.29 is 9.31 Å². The van der Waals surface area contributed by atoms with Gasteiger partial charge in [0.25, 0.3) is 0 Å². The molecule has 1 saturated heterocycles. The lowest BCUT2D eigenvalue weighted by atomic mass is 9.61. The minimum absolute atomic E-state index is 0.0701. The van der Waals surface area contributed by atoms with Gasteiger partial charge in [-0.3, -0.25) is 0 Å². The second kappa shape index (κ2) is 6.25. The Labute approximate surface area is 142 Å². The number of hydrogen-bond acceptors (Lipinski definition) is 2. The molecule has 1 heterocycles. The third-order valence-electron chi connectivity index (χ3n) is 6.18. The van der Waals surface area contributed by atoms with Crippen molar-refractivity contribution in [2.75, 3.05) is 0 Å². The highest BCUT2D eigenvalue weighted by molar-refractivity contribution is 6.47. The first-order valence-corrected chi connectivity index (χ1v) is 9.23. The average Bonchev–Trinajstić information content (AvgIpc) is 3.28. The minimum atomic E-state index is -0.230. The molecule has 3 rings (SSSR count). The summed E-state index contributed by atoms with van der Waals surface area (Å²) in [6.45, 7) is 10.9. The van der Waals surface area contributed by atoms with Gasteiger partial charge in [0.2, 0.25) is 0 Å². The smallest absolute Gasteiger partial charge is 0.403 e. The van der Waals surface area contributed by atoms with E-state index in [-0.39, 0.29) is 18.3 Å². The summed E-state index contributed by atoms with van der Waals surface area (Å²) in [4.78, 5) is 0. The lowest BCUT2D eigenvalue weighted by Gasteiger charge is -2.32. The molecule has 0 aromatic heterocycles. The summed E-state index contributed by atoms with van der Waals surface area (Å²) in [6.07, 6.45) is 5.00. The predicted molar refractivity (Wildman–Crippen MR) is 96.5 cm³/mol. The first-order chi connectivity index (χ1) is 10.8. The van der Waals surface area contributed by atoms with Crippen LogP contribution in [0.25, 0.3) is 0 Å². The van der Waals surface area contributed by atoms with Gasteiger partial charge in [-0.2, -0.15) is 0 Å². The molecule has 2 atom stereocenters. The quantitative estimate of drug-likeness (QED) is 0.678. The lowest BCUT2D eigenvalue weighted by Crippen LogP contribution is -2.41. The van der Waals surface area contributed by atoms with Gasteiger partial charge in [-0.15, -0.1) is 0 Å². The van der Waals surface area contributed by atoms with E-state index in [1.54, 1.807) is 0 Å². The van der Waals surface area contributed by atoms with Crippen LogP contribution in [0.15, 0.2) is 30.3 Å². The van der Waals surface area contributed by atoms with Crippen LogP contribution in [0.3, 0.4) is 0 Å². The molecule has 0 amide bonds. The maximum atomic E-state index is 6.39. The fourth-order valence-electron chi connectivity index (χ4n) is 3.84. The highest BCUT2D eigenvalue weighted by Gasteiger charge is 2.55. The highest BCUT2D eigenvalue weighted by atomic mass is 16.7. The summed E-state index contributed by atoms with van der Waals surface area (Å²) in [5.41, 5.74) is 0.983. The Bertz CT molecular complexity index is 506. The van der Waals surface area contributed by atoms with E-state index in [1.807, 2.05) is 0 Å². The Balaban J connectivity index is 1.78. The lowest BCUT2D eigenvalue weighted by molar-refractivity contribution is 0.00578. The average molecular weight is 314 g/mol. The maximum absolute atomic E-state index is 6.39. The van der Waals surface area contributed by atoms with Crippen molar-refractivity contribution in [2.45, 2.75) is 77.3 Å². The Morgan fingerprint density at radius 1 is 1.04 bits per heavy atom. The molecule has 1 aliphatic carbocycles. The highest BCUT2D eigenvalue weighted by Crippen LogP contribution is 2.50. The predicted octanol–water partition coefficient (Wildman–Crippen LogP) is 5.13. The van der Waals surface area contributed by atoms with Crippen molar-refractivity contribution in [3.05, 3.63) is 35.9 Å². The fraction of sp³-hybridized carbons (Fsp3) is 0.700. The topological polar surface area (TPSA) is 18.5 Å². The van der Waals surface area contributed by atoms with Gasteiger partial charge in [0.1, 0.15) is 0 Å². The third kappa shape index (κ3) is 3.51. The van der Waals surface area contributed by atoms with E-state index in [0.717, 1.165) is 18.8 Å². The summed E-state index contributed by atoms with van der Waals surface area (Å²) < 4.78 is 12.8. The Morgan fingerprint density at radius 3 is 2.09 bits per heavy atom. The van der Waals surface area contributed by atoms with Gasteiger partial charge in [0, 0.05) is 0 Å². The van der Waals surface area contributed by atoms with Crippen molar-refractivity contribution in [3.63, 3.8) is 0 Å². The summed E-state index contributed by atoms with van der Waals surface area (Å²) >= 11 is 0. The summed E-state index contributed by atoms with van der Waals surface area (Å²) in [7, 11) is -0.0701. The van der Waals surface area contributed by atoms with Gasteiger partial charge in [-0.1, -0.05) is 43.7 Å². The Hall–Kier alpha value is -0.795. The number of benzene rings is 1. The van der Waals surface area contributed by atoms with E-state index < -0.39 is 0 Å². The zero-order valence-electron chi connectivity index (χ0n) is 15.3. The van der Waals surface area contributed by atoms with Crippen LogP contribution in [0.4, 0.5) is 0 Å². The molecule has 0 N–H and O–H groups in total. The van der Waals surface area contributed by atoms with Crippen molar-refractivity contribution in [1.29, 1.82) is 0 Å². The molecule has 1 aliphatic heterocycles. The van der Waals surface area contributed by atoms with E-state index in [4.69, 9.17) is 9.31 Å². The van der Waals surface area contributed by atoms with Crippen LogP contribution in [0.1, 0.15) is 59.4 Å². The monoisotopic (exact) mass is 314 g/mol. The van der Waals surface area contributed by atoms with Crippen molar-refractivity contribution in [2.24, 2.45) is 11.8 Å². The van der Waals surface area contributed by atoms with Crippen LogP contribution < -0.4 is 0 Å². The zero-order valence-corrected chi connectivity index (χ0v) is 15.3. The van der Waals surface area contributed by atoms with Crippen LogP contribution in [-0.4, -0.2) is 18.3 Å². The largest absolute Gasteiger partial charge is 0.461 e. The molecule has 23 heavy (non-hydrogen) atoms. The summed E-state index contributed by atoms with van der Waals surface area (Å²) in [5, 5.41) is 0. The fourth-order valence-corrected chi connectivity index (χ4v) is 3.84. The Morgan fingerprint density at radius 2 is 1.61 bits per heavy atom. The molecular weight excluding hydrogens is 283 g/mol. The second-order valence-corrected chi connectivity index (χ2v) is 8.39. The normalized spacial score (nSPS) is 25.3. The standard InChI is InChI=1S/C20H31BO2/c1-6-18(21-22-19(2,3)20(4,5)23-21)17(16-12-13-16)14-15-10-8-7-9-11-15/h7-11,16-18H,6,12-14H2,1-5H3/t17-,18?/m1/s1. The van der Waals surface area contributed by atoms with E-state index in [2.05, 4.69) is 65.0 Å². The molecular formula is C20H31BO2. The van der Waals surface area contributed by atoms with E-state index in [9.17, 15) is 0 Å².